The van der Waals surface area contributed by atoms with Gasteiger partial charge in [-0.25, -0.2) is 4.98 Å². The zero-order valence-corrected chi connectivity index (χ0v) is 11.3. The molecule has 0 aliphatic heterocycles. The smallest absolute Gasteiger partial charge is 0.325 e. The molecule has 0 atom stereocenters. The van der Waals surface area contributed by atoms with Crippen molar-refractivity contribution < 1.29 is 9.53 Å². The third kappa shape index (κ3) is 3.24. The number of rotatable bonds is 6. The number of aromatic amines is 1. The maximum Gasteiger partial charge on any atom is 0.325 e. The zero-order chi connectivity index (χ0) is 13.7. The van der Waals surface area contributed by atoms with Gasteiger partial charge in [-0.2, -0.15) is 0 Å². The van der Waals surface area contributed by atoms with Crippen LogP contribution in [0.1, 0.15) is 20.3 Å². The second-order valence-electron chi connectivity index (χ2n) is 4.30. The van der Waals surface area contributed by atoms with E-state index in [0.717, 1.165) is 29.9 Å². The Hall–Kier alpha value is -2.04. The number of nitrogens with zero attached hydrogens (tertiary/aromatic N) is 2. The highest BCUT2D eigenvalue weighted by molar-refractivity contribution is 5.79. The van der Waals surface area contributed by atoms with Gasteiger partial charge in [-0.3, -0.25) is 4.79 Å². The van der Waals surface area contributed by atoms with Gasteiger partial charge in [0.2, 0.25) is 5.95 Å². The van der Waals surface area contributed by atoms with Gasteiger partial charge in [0.15, 0.2) is 0 Å². The van der Waals surface area contributed by atoms with Gasteiger partial charge in [0.1, 0.15) is 6.54 Å². The highest BCUT2D eigenvalue weighted by Crippen LogP contribution is 2.17. The summed E-state index contributed by atoms with van der Waals surface area (Å²) in [5, 5.41) is 0. The number of hydrogen-bond donors (Lipinski definition) is 1. The highest BCUT2D eigenvalue weighted by Gasteiger charge is 2.15. The molecular formula is C14H19N3O2. The van der Waals surface area contributed by atoms with Crippen molar-refractivity contribution in [3.05, 3.63) is 24.3 Å². The predicted octanol–water partition coefficient (Wildman–Crippen LogP) is 2.34. The van der Waals surface area contributed by atoms with Gasteiger partial charge < -0.3 is 14.6 Å². The van der Waals surface area contributed by atoms with Crippen LogP contribution >= 0.6 is 0 Å². The number of carbonyl (C=O) groups excluding carboxylic acids is 1. The van der Waals surface area contributed by atoms with Crippen LogP contribution in [0.5, 0.6) is 0 Å². The minimum absolute atomic E-state index is 0.224. The summed E-state index contributed by atoms with van der Waals surface area (Å²) in [6.45, 7) is 5.27. The van der Waals surface area contributed by atoms with Crippen molar-refractivity contribution in [1.29, 1.82) is 0 Å². The van der Waals surface area contributed by atoms with Crippen molar-refractivity contribution in [2.24, 2.45) is 0 Å². The van der Waals surface area contributed by atoms with E-state index in [1.807, 2.05) is 36.1 Å². The number of anilines is 1. The first-order chi connectivity index (χ1) is 9.24. The summed E-state index contributed by atoms with van der Waals surface area (Å²) < 4.78 is 4.99. The largest absolute Gasteiger partial charge is 0.465 e. The van der Waals surface area contributed by atoms with Gasteiger partial charge in [-0.05, 0) is 25.5 Å². The van der Waals surface area contributed by atoms with E-state index in [-0.39, 0.29) is 12.5 Å². The number of imidazole rings is 1. The van der Waals surface area contributed by atoms with Gasteiger partial charge in [0.25, 0.3) is 0 Å². The SMILES string of the molecule is CCCN(CC(=O)OCC)c1nc2ccccc2[nH]1. The van der Waals surface area contributed by atoms with E-state index in [4.69, 9.17) is 4.74 Å². The van der Waals surface area contributed by atoms with Crippen LogP contribution < -0.4 is 4.90 Å². The second-order valence-corrected chi connectivity index (χ2v) is 4.30. The summed E-state index contributed by atoms with van der Waals surface area (Å²) in [4.78, 5) is 21.3. The number of aromatic nitrogens is 2. The van der Waals surface area contributed by atoms with E-state index in [2.05, 4.69) is 16.9 Å². The number of carbonyl (C=O) groups is 1. The van der Waals surface area contributed by atoms with Crippen LogP contribution in [0.15, 0.2) is 24.3 Å². The number of para-hydroxylation sites is 2. The lowest BCUT2D eigenvalue weighted by atomic mass is 10.3. The molecule has 0 fully saturated rings. The van der Waals surface area contributed by atoms with E-state index in [1.165, 1.54) is 0 Å². The van der Waals surface area contributed by atoms with Gasteiger partial charge in [-0.15, -0.1) is 0 Å². The lowest BCUT2D eigenvalue weighted by molar-refractivity contribution is -0.141. The van der Waals surface area contributed by atoms with Crippen LogP contribution in [0.25, 0.3) is 11.0 Å². The van der Waals surface area contributed by atoms with Gasteiger partial charge in [0, 0.05) is 6.54 Å². The highest BCUT2D eigenvalue weighted by atomic mass is 16.5. The van der Waals surface area contributed by atoms with Crippen molar-refractivity contribution in [3.63, 3.8) is 0 Å². The molecule has 0 spiro atoms. The topological polar surface area (TPSA) is 58.2 Å². The molecule has 102 valence electrons. The van der Waals surface area contributed by atoms with Crippen LogP contribution in [-0.4, -0.2) is 35.6 Å². The maximum absolute atomic E-state index is 11.6. The fraction of sp³-hybridized carbons (Fsp3) is 0.429. The number of esters is 1. The molecule has 0 aliphatic rings. The number of nitrogens with one attached hydrogen (secondary N) is 1. The summed E-state index contributed by atoms with van der Waals surface area (Å²) in [5.74, 6) is 0.493. The van der Waals surface area contributed by atoms with Crippen LogP contribution in [-0.2, 0) is 9.53 Å². The standard InChI is InChI=1S/C14H19N3O2/c1-3-9-17(10-13(18)19-4-2)14-15-11-7-5-6-8-12(11)16-14/h5-8H,3-4,9-10H2,1-2H3,(H,15,16). The number of hydrogen-bond acceptors (Lipinski definition) is 4. The summed E-state index contributed by atoms with van der Waals surface area (Å²) in [6, 6.07) is 7.83. The molecule has 0 bridgehead atoms. The Balaban J connectivity index is 2.19. The predicted molar refractivity (Wildman–Crippen MR) is 75.2 cm³/mol. The molecule has 2 aromatic rings. The molecule has 5 heteroatoms. The minimum Gasteiger partial charge on any atom is -0.465 e. The lowest BCUT2D eigenvalue weighted by Crippen LogP contribution is -2.32. The first-order valence-electron chi connectivity index (χ1n) is 6.60. The number of fused-ring (bicyclic) bond motifs is 1. The van der Waals surface area contributed by atoms with Crippen molar-refractivity contribution in [2.45, 2.75) is 20.3 Å². The monoisotopic (exact) mass is 261 g/mol. The maximum atomic E-state index is 11.6. The molecule has 0 radical (unpaired) electrons. The Kier molecular flexibility index (Phi) is 4.39. The molecule has 1 heterocycles. The summed E-state index contributed by atoms with van der Waals surface area (Å²) >= 11 is 0. The second kappa shape index (κ2) is 6.22. The van der Waals surface area contributed by atoms with Crippen LogP contribution in [0.3, 0.4) is 0 Å². The van der Waals surface area contributed by atoms with E-state index < -0.39 is 0 Å². The molecule has 0 saturated heterocycles. The van der Waals surface area contributed by atoms with E-state index in [1.54, 1.807) is 0 Å². The van der Waals surface area contributed by atoms with Gasteiger partial charge >= 0.3 is 5.97 Å². The number of benzene rings is 1. The molecule has 1 N–H and O–H groups in total. The molecule has 0 amide bonds. The van der Waals surface area contributed by atoms with Crippen molar-refractivity contribution >= 4 is 23.0 Å². The Morgan fingerprint density at radius 1 is 1.37 bits per heavy atom. The molecule has 1 aromatic heterocycles. The van der Waals surface area contributed by atoms with Crippen LogP contribution in [0.2, 0.25) is 0 Å². The molecule has 5 nitrogen and oxygen atoms in total. The Labute approximate surface area is 112 Å². The number of H-pyrrole nitrogens is 1. The lowest BCUT2D eigenvalue weighted by Gasteiger charge is -2.19. The van der Waals surface area contributed by atoms with Gasteiger partial charge in [0.05, 0.1) is 17.6 Å². The van der Waals surface area contributed by atoms with Crippen molar-refractivity contribution in [1.82, 2.24) is 9.97 Å². The average Bonchev–Trinajstić information content (AvgIpc) is 2.82. The third-order valence-corrected chi connectivity index (χ3v) is 2.80. The van der Waals surface area contributed by atoms with Gasteiger partial charge in [-0.1, -0.05) is 19.1 Å². The summed E-state index contributed by atoms with van der Waals surface area (Å²) in [6.07, 6.45) is 0.941. The fourth-order valence-electron chi connectivity index (χ4n) is 1.98. The van der Waals surface area contributed by atoms with E-state index in [9.17, 15) is 4.79 Å². The molecule has 0 saturated carbocycles. The Morgan fingerprint density at radius 2 is 2.16 bits per heavy atom. The quantitative estimate of drug-likeness (QED) is 0.811. The normalized spacial score (nSPS) is 10.6. The first kappa shape index (κ1) is 13.4. The van der Waals surface area contributed by atoms with Crippen molar-refractivity contribution in [3.8, 4) is 0 Å². The first-order valence-corrected chi connectivity index (χ1v) is 6.60. The molecule has 1 aromatic carbocycles. The fourth-order valence-corrected chi connectivity index (χ4v) is 1.98. The average molecular weight is 261 g/mol. The third-order valence-electron chi connectivity index (χ3n) is 2.80. The Morgan fingerprint density at radius 3 is 2.84 bits per heavy atom. The molecule has 0 unspecified atom stereocenters. The minimum atomic E-state index is -0.226. The van der Waals surface area contributed by atoms with E-state index >= 15 is 0 Å². The van der Waals surface area contributed by atoms with Crippen LogP contribution in [0, 0.1) is 0 Å². The summed E-state index contributed by atoms with van der Waals surface area (Å²) in [5.41, 5.74) is 1.88. The molecule has 0 aliphatic carbocycles. The molecule has 19 heavy (non-hydrogen) atoms. The zero-order valence-electron chi connectivity index (χ0n) is 11.3. The Bertz CT molecular complexity index is 517. The molecule has 2 rings (SSSR count). The van der Waals surface area contributed by atoms with E-state index in [0.29, 0.717) is 6.61 Å². The van der Waals surface area contributed by atoms with Crippen LogP contribution in [0.4, 0.5) is 5.95 Å². The molecular weight excluding hydrogens is 242 g/mol. The summed E-state index contributed by atoms with van der Waals surface area (Å²) in [7, 11) is 0. The van der Waals surface area contributed by atoms with Crippen molar-refractivity contribution in [2.75, 3.05) is 24.6 Å². The number of ether oxygens (including phenoxy) is 1.